The summed E-state index contributed by atoms with van der Waals surface area (Å²) in [5.41, 5.74) is 0.139. The van der Waals surface area contributed by atoms with Gasteiger partial charge in [-0.05, 0) is 61.7 Å². The van der Waals surface area contributed by atoms with Gasteiger partial charge in [0.05, 0.1) is 44.3 Å². The maximum absolute atomic E-state index is 5.57. The van der Waals surface area contributed by atoms with Crippen molar-refractivity contribution >= 4 is 33.3 Å². The van der Waals surface area contributed by atoms with Crippen LogP contribution in [0.25, 0.3) is 10.2 Å². The van der Waals surface area contributed by atoms with E-state index in [1.165, 1.54) is 6.42 Å². The van der Waals surface area contributed by atoms with E-state index in [1.807, 2.05) is 54.7 Å². The summed E-state index contributed by atoms with van der Waals surface area (Å²) in [6.07, 6.45) is 16.9. The fourth-order valence-electron chi connectivity index (χ4n) is 8.87. The van der Waals surface area contributed by atoms with E-state index in [0.717, 1.165) is 77.0 Å². The molecule has 3 saturated heterocycles. The molecule has 1 N–H and O–H groups in total. The fourth-order valence-corrected chi connectivity index (χ4v) is 11.6. The van der Waals surface area contributed by atoms with Crippen molar-refractivity contribution in [2.45, 2.75) is 47.4 Å². The van der Waals surface area contributed by atoms with E-state index in [1.54, 1.807) is 29.9 Å². The summed E-state index contributed by atoms with van der Waals surface area (Å²) in [6, 6.07) is 20.6. The van der Waals surface area contributed by atoms with Crippen LogP contribution in [-0.4, -0.2) is 87.4 Å². The van der Waals surface area contributed by atoms with Crippen molar-refractivity contribution in [3.05, 3.63) is 132 Å². The zero-order valence-corrected chi connectivity index (χ0v) is 29.2. The number of benzene rings is 1. The van der Waals surface area contributed by atoms with Gasteiger partial charge in [-0.2, -0.15) is 10.2 Å². The van der Waals surface area contributed by atoms with Crippen LogP contribution in [0.2, 0.25) is 0 Å². The van der Waals surface area contributed by atoms with Crippen LogP contribution >= 0.6 is 23.1 Å². The summed E-state index contributed by atoms with van der Waals surface area (Å²) >= 11 is 3.70. The summed E-state index contributed by atoms with van der Waals surface area (Å²) in [6.45, 7) is 3.37. The molecule has 252 valence electrons. The molecule has 9 rings (SSSR count). The van der Waals surface area contributed by atoms with Gasteiger partial charge < -0.3 is 5.32 Å². The smallest absolute Gasteiger partial charge is 0.144 e. The Morgan fingerprint density at radius 1 is 0.740 bits per heavy atom. The van der Waals surface area contributed by atoms with E-state index < -0.39 is 16.4 Å². The summed E-state index contributed by atoms with van der Waals surface area (Å²) in [7, 11) is 0. The average Bonchev–Trinajstić information content (AvgIpc) is 3.91. The minimum absolute atomic E-state index is 0.0786. The molecule has 0 spiro atoms. The number of para-hydroxylation sites is 1. The third kappa shape index (κ3) is 4.60. The van der Waals surface area contributed by atoms with Gasteiger partial charge in [-0.3, -0.25) is 15.0 Å². The molecule has 4 atom stereocenters. The highest BCUT2D eigenvalue weighted by atomic mass is 32.2. The van der Waals surface area contributed by atoms with Crippen molar-refractivity contribution in [3.8, 4) is 0 Å². The largest absolute Gasteiger partial charge is 0.304 e. The van der Waals surface area contributed by atoms with Crippen molar-refractivity contribution in [1.82, 2.24) is 55.4 Å². The topological polar surface area (TPSA) is 122 Å². The second kappa shape index (κ2) is 13.1. The van der Waals surface area contributed by atoms with Crippen LogP contribution < -0.4 is 5.32 Å². The number of fused-ring (bicyclic) bond motifs is 1. The SMILES string of the molecule is c1ccc(C2(c3ncccn3)C(c3nc4ccccc4s3)(C3NCCS3)CCN(N3CCCCC3)C2(c2cnccn2)c2cccnn2)nc1. The molecule has 0 bridgehead atoms. The first-order valence-electron chi connectivity index (χ1n) is 17.3. The Morgan fingerprint density at radius 2 is 1.56 bits per heavy atom. The van der Waals surface area contributed by atoms with Crippen molar-refractivity contribution in [2.24, 2.45) is 0 Å². The molecule has 0 saturated carbocycles. The normalized spacial score (nSPS) is 27.8. The molecule has 11 nitrogen and oxygen atoms in total. The lowest BCUT2D eigenvalue weighted by atomic mass is 9.46. The molecule has 5 aromatic heterocycles. The van der Waals surface area contributed by atoms with Crippen LogP contribution in [0.15, 0.2) is 104 Å². The molecule has 3 fully saturated rings. The number of thiazole rings is 1. The van der Waals surface area contributed by atoms with Crippen molar-refractivity contribution in [2.75, 3.05) is 31.9 Å². The predicted molar refractivity (Wildman–Crippen MR) is 194 cm³/mol. The molecule has 0 amide bonds. The minimum atomic E-state index is -1.18. The molecule has 3 aliphatic rings. The van der Waals surface area contributed by atoms with Crippen LogP contribution in [-0.2, 0) is 16.4 Å². The molecule has 4 unspecified atom stereocenters. The lowest BCUT2D eigenvalue weighted by molar-refractivity contribution is -0.180. The van der Waals surface area contributed by atoms with Gasteiger partial charge in [0.2, 0.25) is 0 Å². The summed E-state index contributed by atoms with van der Waals surface area (Å²) < 4.78 is 1.14. The van der Waals surface area contributed by atoms with E-state index in [9.17, 15) is 0 Å². The Hall–Kier alpha value is -4.27. The van der Waals surface area contributed by atoms with E-state index in [4.69, 9.17) is 35.0 Å². The van der Waals surface area contributed by atoms with E-state index in [0.29, 0.717) is 12.4 Å². The number of nitrogens with one attached hydrogen (secondary N) is 1. The van der Waals surface area contributed by atoms with Crippen molar-refractivity contribution in [3.63, 3.8) is 0 Å². The molecular formula is C37H37N11S2. The molecule has 8 heterocycles. The molecule has 1 aromatic carbocycles. The first-order valence-corrected chi connectivity index (χ1v) is 19.1. The number of aromatic nitrogens is 8. The number of hydrazine groups is 1. The van der Waals surface area contributed by atoms with Crippen LogP contribution in [0.3, 0.4) is 0 Å². The maximum Gasteiger partial charge on any atom is 0.144 e. The van der Waals surface area contributed by atoms with Gasteiger partial charge in [0.15, 0.2) is 0 Å². The number of hydrogen-bond acceptors (Lipinski definition) is 13. The van der Waals surface area contributed by atoms with Gasteiger partial charge in [-0.25, -0.2) is 25.0 Å². The second-order valence-corrected chi connectivity index (χ2v) is 15.2. The highest BCUT2D eigenvalue weighted by Gasteiger charge is 2.78. The number of hydrogen-bond donors (Lipinski definition) is 1. The Kier molecular flexibility index (Phi) is 8.32. The molecule has 6 aromatic rings. The van der Waals surface area contributed by atoms with E-state index in [2.05, 4.69) is 62.9 Å². The van der Waals surface area contributed by atoms with Gasteiger partial charge in [0.25, 0.3) is 0 Å². The standard InChI is InChI=1S/C37H37N11S2/c1-6-22-47(23-7-1)48-24-14-35(33-43-21-25-49-33,34-45-27-10-2-3-11-28(27)50-34)36(29-12-4-5-15-39-29,32-41-16-9-17-42-32)37(48,30-13-8-18-44-46-30)31-26-38-19-20-40-31/h2-5,8-13,15-20,26,33,43H,1,6-7,14,21-25H2. The minimum Gasteiger partial charge on any atom is -0.304 e. The first kappa shape index (κ1) is 31.7. The zero-order chi connectivity index (χ0) is 33.4. The highest BCUT2D eigenvalue weighted by molar-refractivity contribution is 8.00. The number of piperidine rings is 2. The molecule has 3 aliphatic heterocycles. The van der Waals surface area contributed by atoms with Crippen LogP contribution in [0.1, 0.15) is 53.6 Å². The van der Waals surface area contributed by atoms with E-state index >= 15 is 0 Å². The number of thioether (sulfide) groups is 1. The predicted octanol–water partition coefficient (Wildman–Crippen LogP) is 5.00. The van der Waals surface area contributed by atoms with Gasteiger partial charge in [0.1, 0.15) is 21.8 Å². The highest BCUT2D eigenvalue weighted by Crippen LogP contribution is 2.68. The number of nitrogens with zero attached hydrogens (tertiary/aromatic N) is 10. The van der Waals surface area contributed by atoms with Crippen molar-refractivity contribution < 1.29 is 0 Å². The fraction of sp³-hybridized carbons (Fsp3) is 0.351. The van der Waals surface area contributed by atoms with Gasteiger partial charge >= 0.3 is 0 Å². The molecule has 13 heteroatoms. The summed E-state index contributed by atoms with van der Waals surface area (Å²) in [5.74, 6) is 1.59. The Balaban J connectivity index is 1.53. The second-order valence-electron chi connectivity index (χ2n) is 13.0. The zero-order valence-electron chi connectivity index (χ0n) is 27.5. The first-order chi connectivity index (χ1) is 24.8. The van der Waals surface area contributed by atoms with Gasteiger partial charge in [-0.15, -0.1) is 23.1 Å². The lowest BCUT2D eigenvalue weighted by Gasteiger charge is -2.67. The summed E-state index contributed by atoms with van der Waals surface area (Å²) in [4.78, 5) is 31.5. The average molecular weight is 700 g/mol. The van der Waals surface area contributed by atoms with Crippen LogP contribution in [0, 0.1) is 0 Å². The molecule has 0 aliphatic carbocycles. The Labute approximate surface area is 299 Å². The molecule has 0 radical (unpaired) electrons. The third-order valence-corrected chi connectivity index (χ3v) is 13.2. The number of rotatable bonds is 7. The monoisotopic (exact) mass is 699 g/mol. The summed E-state index contributed by atoms with van der Waals surface area (Å²) in [5, 5.41) is 19.6. The number of pyridine rings is 1. The Morgan fingerprint density at radius 3 is 2.30 bits per heavy atom. The van der Waals surface area contributed by atoms with Gasteiger partial charge in [0, 0.05) is 69.1 Å². The third-order valence-electron chi connectivity index (χ3n) is 10.7. The van der Waals surface area contributed by atoms with Crippen LogP contribution in [0.4, 0.5) is 0 Å². The quantitative estimate of drug-likeness (QED) is 0.242. The Bertz CT molecular complexity index is 1930. The maximum atomic E-state index is 5.57. The van der Waals surface area contributed by atoms with Crippen LogP contribution in [0.5, 0.6) is 0 Å². The lowest BCUT2D eigenvalue weighted by Crippen LogP contribution is -2.79. The molecule has 50 heavy (non-hydrogen) atoms. The van der Waals surface area contributed by atoms with Gasteiger partial charge in [-0.1, -0.05) is 24.6 Å². The van der Waals surface area contributed by atoms with E-state index in [-0.39, 0.29) is 5.37 Å². The van der Waals surface area contributed by atoms with Crippen molar-refractivity contribution in [1.29, 1.82) is 0 Å². The molecular weight excluding hydrogens is 663 g/mol.